The Morgan fingerprint density at radius 2 is 2.10 bits per heavy atom. The fourth-order valence-electron chi connectivity index (χ4n) is 0.681. The van der Waals surface area contributed by atoms with E-state index in [0.717, 1.165) is 10.8 Å². The molecule has 1 aromatic heterocycles. The molecular formula is C5H6F3N2+. The SMILES string of the molecule is C[n+]1c[nH]cc1C(F)(F)F. The molecule has 0 atom stereocenters. The summed E-state index contributed by atoms with van der Waals surface area (Å²) in [4.78, 5) is 2.35. The van der Waals surface area contributed by atoms with Crippen LogP contribution in [-0.2, 0) is 13.2 Å². The Morgan fingerprint density at radius 3 is 2.30 bits per heavy atom. The molecule has 0 fully saturated rings. The van der Waals surface area contributed by atoms with Crippen LogP contribution in [0.25, 0.3) is 0 Å². The Hall–Kier alpha value is -1.00. The van der Waals surface area contributed by atoms with Gasteiger partial charge in [0, 0.05) is 0 Å². The fraction of sp³-hybridized carbons (Fsp3) is 0.400. The van der Waals surface area contributed by atoms with Crippen molar-refractivity contribution in [2.75, 3.05) is 0 Å². The van der Waals surface area contributed by atoms with Crippen LogP contribution in [0.4, 0.5) is 13.2 Å². The van der Waals surface area contributed by atoms with Crippen LogP contribution in [0.3, 0.4) is 0 Å². The maximum Gasteiger partial charge on any atom is 0.457 e. The van der Waals surface area contributed by atoms with Gasteiger partial charge in [-0.25, -0.2) is 9.55 Å². The van der Waals surface area contributed by atoms with Gasteiger partial charge in [0.15, 0.2) is 0 Å². The van der Waals surface area contributed by atoms with Crippen molar-refractivity contribution in [3.63, 3.8) is 0 Å². The number of nitrogens with zero attached hydrogens (tertiary/aromatic N) is 1. The van der Waals surface area contributed by atoms with Crippen LogP contribution in [0.5, 0.6) is 0 Å². The molecule has 0 aliphatic carbocycles. The van der Waals surface area contributed by atoms with Crippen molar-refractivity contribution in [2.24, 2.45) is 7.05 Å². The van der Waals surface area contributed by atoms with E-state index >= 15 is 0 Å². The van der Waals surface area contributed by atoms with E-state index in [9.17, 15) is 13.2 Å². The van der Waals surface area contributed by atoms with Gasteiger partial charge in [-0.1, -0.05) is 0 Å². The lowest BCUT2D eigenvalue weighted by molar-refractivity contribution is -0.689. The molecule has 1 aromatic rings. The number of H-pyrrole nitrogens is 1. The van der Waals surface area contributed by atoms with Crippen molar-refractivity contribution < 1.29 is 17.7 Å². The van der Waals surface area contributed by atoms with Gasteiger partial charge < -0.3 is 0 Å². The first kappa shape index (κ1) is 7.11. The molecule has 2 nitrogen and oxygen atoms in total. The Bertz CT molecular complexity index is 225. The summed E-state index contributed by atoms with van der Waals surface area (Å²) in [6, 6.07) is 0. The van der Waals surface area contributed by atoms with E-state index in [1.165, 1.54) is 13.4 Å². The van der Waals surface area contributed by atoms with Crippen molar-refractivity contribution in [2.45, 2.75) is 6.18 Å². The maximum absolute atomic E-state index is 11.8. The standard InChI is InChI=1S/C5H5F3N2/c1-10-3-9-2-4(10)5(6,7)8/h2-3H,1H3/p+1. The van der Waals surface area contributed by atoms with Crippen LogP contribution in [0, 0.1) is 0 Å². The minimum Gasteiger partial charge on any atom is -0.250 e. The van der Waals surface area contributed by atoms with Gasteiger partial charge in [-0.05, 0) is 0 Å². The molecule has 1 heterocycles. The van der Waals surface area contributed by atoms with Crippen molar-refractivity contribution in [3.8, 4) is 0 Å². The number of rotatable bonds is 0. The molecule has 10 heavy (non-hydrogen) atoms. The Balaban J connectivity index is 3.05. The molecule has 0 radical (unpaired) electrons. The van der Waals surface area contributed by atoms with Crippen LogP contribution >= 0.6 is 0 Å². The summed E-state index contributed by atoms with van der Waals surface area (Å²) >= 11 is 0. The van der Waals surface area contributed by atoms with Gasteiger partial charge in [-0.15, -0.1) is 0 Å². The second kappa shape index (κ2) is 2.00. The molecule has 0 aliphatic rings. The summed E-state index contributed by atoms with van der Waals surface area (Å²) in [6.07, 6.45) is -2.10. The molecule has 1 N–H and O–H groups in total. The van der Waals surface area contributed by atoms with E-state index in [-0.39, 0.29) is 0 Å². The zero-order chi connectivity index (χ0) is 7.78. The number of nitrogens with one attached hydrogen (secondary N) is 1. The molecule has 0 aromatic carbocycles. The highest BCUT2D eigenvalue weighted by Crippen LogP contribution is 2.25. The van der Waals surface area contributed by atoms with Gasteiger partial charge >= 0.3 is 6.18 Å². The van der Waals surface area contributed by atoms with E-state index < -0.39 is 11.9 Å². The maximum atomic E-state index is 11.8. The van der Waals surface area contributed by atoms with E-state index in [1.54, 1.807) is 0 Å². The summed E-state index contributed by atoms with van der Waals surface area (Å²) in [5.74, 6) is 0. The van der Waals surface area contributed by atoms with E-state index in [1.807, 2.05) is 0 Å². The molecule has 0 amide bonds. The lowest BCUT2D eigenvalue weighted by Gasteiger charge is -1.99. The van der Waals surface area contributed by atoms with E-state index in [4.69, 9.17) is 0 Å². The fourth-order valence-corrected chi connectivity index (χ4v) is 0.681. The van der Waals surface area contributed by atoms with Crippen LogP contribution in [0.15, 0.2) is 12.5 Å². The van der Waals surface area contributed by atoms with Crippen LogP contribution < -0.4 is 4.57 Å². The van der Waals surface area contributed by atoms with Gasteiger partial charge in [-0.2, -0.15) is 13.2 Å². The summed E-state index contributed by atoms with van der Waals surface area (Å²) in [5.41, 5.74) is -0.674. The predicted octanol–water partition coefficient (Wildman–Crippen LogP) is 0.858. The normalized spacial score (nSPS) is 12.0. The number of hydrogen-bond acceptors (Lipinski definition) is 0. The molecule has 1 rings (SSSR count). The topological polar surface area (TPSA) is 19.7 Å². The number of aromatic amines is 1. The highest BCUT2D eigenvalue weighted by molar-refractivity contribution is 4.91. The zero-order valence-electron chi connectivity index (χ0n) is 5.24. The van der Waals surface area contributed by atoms with Gasteiger partial charge in [0.05, 0.1) is 7.05 Å². The zero-order valence-corrected chi connectivity index (χ0v) is 5.24. The number of hydrogen-bond donors (Lipinski definition) is 1. The smallest absolute Gasteiger partial charge is 0.250 e. The van der Waals surface area contributed by atoms with Gasteiger partial charge in [0.2, 0.25) is 12.0 Å². The van der Waals surface area contributed by atoms with Crippen LogP contribution in [-0.4, -0.2) is 4.98 Å². The third kappa shape index (κ3) is 1.12. The van der Waals surface area contributed by atoms with Crippen molar-refractivity contribution in [3.05, 3.63) is 18.2 Å². The van der Waals surface area contributed by atoms with E-state index in [2.05, 4.69) is 4.98 Å². The first-order valence-corrected chi connectivity index (χ1v) is 2.61. The molecular weight excluding hydrogens is 145 g/mol. The molecule has 5 heteroatoms. The lowest BCUT2D eigenvalue weighted by atomic mass is 10.5. The largest absolute Gasteiger partial charge is 0.457 e. The summed E-state index contributed by atoms with van der Waals surface area (Å²) in [6.45, 7) is 0. The summed E-state index contributed by atoms with van der Waals surface area (Å²) < 4.78 is 36.5. The van der Waals surface area contributed by atoms with Gasteiger partial charge in [0.25, 0.3) is 0 Å². The Morgan fingerprint density at radius 1 is 1.50 bits per heavy atom. The second-order valence-corrected chi connectivity index (χ2v) is 1.93. The quantitative estimate of drug-likeness (QED) is 0.530. The third-order valence-electron chi connectivity index (χ3n) is 1.16. The molecule has 0 saturated heterocycles. The van der Waals surface area contributed by atoms with Crippen LogP contribution in [0.1, 0.15) is 5.69 Å². The first-order chi connectivity index (χ1) is 4.52. The number of aromatic nitrogens is 2. The van der Waals surface area contributed by atoms with Crippen molar-refractivity contribution in [1.29, 1.82) is 0 Å². The molecule has 0 unspecified atom stereocenters. The van der Waals surface area contributed by atoms with Crippen LogP contribution in [0.2, 0.25) is 0 Å². The minimum absolute atomic E-state index is 0.674. The average molecular weight is 151 g/mol. The summed E-state index contributed by atoms with van der Waals surface area (Å²) in [5, 5.41) is 0. The highest BCUT2D eigenvalue weighted by Gasteiger charge is 2.38. The minimum atomic E-state index is -4.26. The van der Waals surface area contributed by atoms with E-state index in [0.29, 0.717) is 0 Å². The second-order valence-electron chi connectivity index (χ2n) is 1.93. The summed E-state index contributed by atoms with van der Waals surface area (Å²) in [7, 11) is 1.33. The molecule has 0 aliphatic heterocycles. The Kier molecular flexibility index (Phi) is 1.42. The number of halogens is 3. The Labute approximate surface area is 55.3 Å². The van der Waals surface area contributed by atoms with Gasteiger partial charge in [-0.3, -0.25) is 0 Å². The molecule has 0 spiro atoms. The predicted molar refractivity (Wildman–Crippen MR) is 27.0 cm³/mol. The molecule has 0 saturated carbocycles. The average Bonchev–Trinajstić information content (AvgIpc) is 2.11. The lowest BCUT2D eigenvalue weighted by Crippen LogP contribution is -2.34. The number of alkyl halides is 3. The third-order valence-corrected chi connectivity index (χ3v) is 1.16. The highest BCUT2D eigenvalue weighted by atomic mass is 19.4. The van der Waals surface area contributed by atoms with Gasteiger partial charge in [0.1, 0.15) is 6.20 Å². The monoisotopic (exact) mass is 151 g/mol. The first-order valence-electron chi connectivity index (χ1n) is 2.61. The number of imidazole rings is 1. The number of aryl methyl sites for hydroxylation is 1. The van der Waals surface area contributed by atoms with Crippen molar-refractivity contribution >= 4 is 0 Å². The molecule has 56 valence electrons. The molecule has 0 bridgehead atoms. The van der Waals surface area contributed by atoms with Crippen molar-refractivity contribution in [1.82, 2.24) is 4.98 Å².